The van der Waals surface area contributed by atoms with Crippen molar-refractivity contribution in [3.63, 3.8) is 0 Å². The summed E-state index contributed by atoms with van der Waals surface area (Å²) >= 11 is 0. The summed E-state index contributed by atoms with van der Waals surface area (Å²) < 4.78 is -1.16. The van der Waals surface area contributed by atoms with Crippen LogP contribution in [0.4, 0.5) is 0 Å². The summed E-state index contributed by atoms with van der Waals surface area (Å²) in [4.78, 5) is 29.4. The van der Waals surface area contributed by atoms with Gasteiger partial charge in [-0.1, -0.05) is 0 Å². The zero-order chi connectivity index (χ0) is 16.1. The van der Waals surface area contributed by atoms with Gasteiger partial charge in [-0.25, -0.2) is 0 Å². The molecule has 1 spiro atoms. The van der Waals surface area contributed by atoms with E-state index < -0.39 is 27.1 Å². The number of carboxylic acid groups (broad SMARTS) is 2. The zero-order valence-electron chi connectivity index (χ0n) is 13.7. The predicted octanol–water partition coefficient (Wildman–Crippen LogP) is 4.34. The minimum atomic E-state index is -4.71. The Kier molecular flexibility index (Phi) is 0.421. The van der Waals surface area contributed by atoms with Crippen molar-refractivity contribution in [3.8, 4) is 0 Å². The van der Waals surface area contributed by atoms with E-state index in [1.54, 1.807) is 0 Å². The molecule has 4 nitrogen and oxygen atoms in total. The summed E-state index contributed by atoms with van der Waals surface area (Å²) in [5, 5.41) is 21.1. The molecule has 126 valence electrons. The van der Waals surface area contributed by atoms with E-state index >= 15 is 0 Å². The van der Waals surface area contributed by atoms with Gasteiger partial charge in [-0.2, -0.15) is 0 Å². The fraction of sp³-hybridized carbons (Fsp3) is 0.889. The molecule has 5 atom stereocenters. The van der Waals surface area contributed by atoms with Crippen LogP contribution in [0.5, 0.6) is 0 Å². The fourth-order valence-electron chi connectivity index (χ4n) is 22.3. The standard InChI is InChI=1S/C13H17O4.C5H5.Fe/c1-6(2)8-5-9(12(14)15)11(13(16)17)10(8)7(3)4;1-2-4-5-3-1;/h5-7H,1-4H3,(H,14,15)(H,16,17);1-5H;. The molecule has 10 aliphatic heterocycles. The third-order valence-electron chi connectivity index (χ3n) is 17.7. The van der Waals surface area contributed by atoms with Crippen LogP contribution >= 0.6 is 0 Å². The molecule has 0 aromatic heterocycles. The molecule has 0 radical (unpaired) electrons. The van der Waals surface area contributed by atoms with Gasteiger partial charge in [0.05, 0.1) is 0 Å². The van der Waals surface area contributed by atoms with Gasteiger partial charge >= 0.3 is 124 Å². The van der Waals surface area contributed by atoms with E-state index in [2.05, 4.69) is 27.7 Å². The second-order valence-corrected chi connectivity index (χ2v) is 35.6. The third kappa shape index (κ3) is 0.105. The van der Waals surface area contributed by atoms with Crippen LogP contribution in [0, 0.1) is 11.8 Å². The molecule has 0 aliphatic carbocycles. The van der Waals surface area contributed by atoms with Crippen molar-refractivity contribution in [2.75, 3.05) is 0 Å². The monoisotopic (exact) mass is 358 g/mol. The molecule has 2 N–H and O–H groups in total. The molecule has 10 fully saturated rings. The van der Waals surface area contributed by atoms with Crippen LogP contribution in [0.15, 0.2) is 0 Å². The Morgan fingerprint density at radius 2 is 1.35 bits per heavy atom. The molecule has 0 aromatic rings. The van der Waals surface area contributed by atoms with Gasteiger partial charge in [0.15, 0.2) is 0 Å². The first kappa shape index (κ1) is 10.5. The van der Waals surface area contributed by atoms with Gasteiger partial charge in [0.25, 0.3) is 0 Å². The Morgan fingerprint density at radius 1 is 0.870 bits per heavy atom. The molecular formula is C18H22FeO4. The molecule has 5 heteroatoms. The molecule has 5 unspecified atom stereocenters. The van der Waals surface area contributed by atoms with E-state index in [1.165, 1.54) is 0 Å². The van der Waals surface area contributed by atoms with E-state index in [-0.39, 0.29) is 8.63 Å². The maximum atomic E-state index is 12.9. The van der Waals surface area contributed by atoms with Crippen molar-refractivity contribution >= 4 is 11.9 Å². The first-order valence-electron chi connectivity index (χ1n) is 9.17. The number of carbonyl (C=O) groups is 2. The predicted molar refractivity (Wildman–Crippen MR) is 78.2 cm³/mol. The summed E-state index contributed by atoms with van der Waals surface area (Å²) in [6, 6.07) is 0. The van der Waals surface area contributed by atoms with Gasteiger partial charge in [-0.05, 0) is 0 Å². The van der Waals surface area contributed by atoms with Crippen LogP contribution in [0.25, 0.3) is 0 Å². The molecule has 0 bridgehead atoms. The van der Waals surface area contributed by atoms with Crippen LogP contribution in [0.3, 0.4) is 0 Å². The number of aliphatic carboxylic acids is 2. The molecular weight excluding hydrogens is 336 g/mol. The Balaban J connectivity index is 1.66. The average molecular weight is 358 g/mol. The van der Waals surface area contributed by atoms with Crippen molar-refractivity contribution in [1.82, 2.24) is 0 Å². The van der Waals surface area contributed by atoms with Gasteiger partial charge < -0.3 is 0 Å². The van der Waals surface area contributed by atoms with Crippen molar-refractivity contribution in [2.24, 2.45) is 11.8 Å². The van der Waals surface area contributed by atoms with Crippen LogP contribution in [0.1, 0.15) is 27.7 Å². The van der Waals surface area contributed by atoms with Crippen LogP contribution in [0.2, 0.25) is 46.2 Å². The normalized spacial score (nSPS) is 101. The molecule has 0 aromatic carbocycles. The summed E-state index contributed by atoms with van der Waals surface area (Å²) in [5.74, 6) is -0.427. The molecule has 0 saturated carbocycles. The Morgan fingerprint density at radius 3 is 1.61 bits per heavy atom. The molecule has 10 saturated heterocycles. The summed E-state index contributed by atoms with van der Waals surface area (Å²) in [5.41, 5.74) is 0. The molecule has 23 heavy (non-hydrogen) atoms. The van der Waals surface area contributed by atoms with Crippen molar-refractivity contribution in [1.29, 1.82) is 0 Å². The summed E-state index contributed by atoms with van der Waals surface area (Å²) in [7, 11) is 0. The molecule has 10 aliphatic rings. The minimum absolute atomic E-state index is 0.00715. The number of hydrogen-bond acceptors (Lipinski definition) is 2. The van der Waals surface area contributed by atoms with Gasteiger partial charge in [-0.3, -0.25) is 0 Å². The van der Waals surface area contributed by atoms with Crippen LogP contribution in [-0.4, -0.2) is 22.2 Å². The van der Waals surface area contributed by atoms with E-state index in [1.807, 2.05) is 0 Å². The van der Waals surface area contributed by atoms with Crippen molar-refractivity contribution < 1.29 is 26.3 Å². The first-order valence-corrected chi connectivity index (χ1v) is 15.2. The summed E-state index contributed by atoms with van der Waals surface area (Å²) in [6.45, 7) is 4.43. The second-order valence-electron chi connectivity index (χ2n) is 12.9. The van der Waals surface area contributed by atoms with Crippen molar-refractivity contribution in [3.05, 3.63) is 0 Å². The molecule has 0 amide bonds. The number of carboxylic acids is 2. The Bertz CT molecular complexity index is 1280. The summed E-state index contributed by atoms with van der Waals surface area (Å²) in [6.07, 6.45) is 0. The second kappa shape index (κ2) is 0.927. The van der Waals surface area contributed by atoms with Gasteiger partial charge in [-0.15, -0.1) is 0 Å². The van der Waals surface area contributed by atoms with Crippen LogP contribution < -0.4 is 0 Å². The average Bonchev–Trinajstić information content (AvgIpc) is 3.38. The Hall–Kier alpha value is -0.541. The topological polar surface area (TPSA) is 74.6 Å². The molecule has 10 rings (SSSR count). The third-order valence-corrected chi connectivity index (χ3v) is 62.3. The van der Waals surface area contributed by atoms with E-state index in [0.717, 1.165) is 0 Å². The SMILES string of the molecule is CC(C)[C]12[CH]3[C]4(C(=O)O)[C]5(C(=O)O)[C]1(C(C)C)[Fe]34251678[CH]2[CH]1[CH]6[CH]7[CH]28. The van der Waals surface area contributed by atoms with Gasteiger partial charge in [0, 0.05) is 0 Å². The van der Waals surface area contributed by atoms with Gasteiger partial charge in [0.1, 0.15) is 0 Å². The fourth-order valence-corrected chi connectivity index (χ4v) is 105. The number of rotatable bonds is 4. The number of hydrogen-bond donors (Lipinski definition) is 2. The Labute approximate surface area is 124 Å². The zero-order valence-corrected chi connectivity index (χ0v) is 14.8. The van der Waals surface area contributed by atoms with E-state index in [0.29, 0.717) is 40.7 Å². The van der Waals surface area contributed by atoms with Crippen molar-refractivity contribution in [2.45, 2.75) is 73.8 Å². The van der Waals surface area contributed by atoms with E-state index in [4.69, 9.17) is 0 Å². The van der Waals surface area contributed by atoms with Crippen LogP contribution in [-0.2, 0) is 16.1 Å². The van der Waals surface area contributed by atoms with Gasteiger partial charge in [0.2, 0.25) is 0 Å². The number of fused-ring (bicyclic) bond motifs is 10. The first-order chi connectivity index (χ1) is 10.5. The quantitative estimate of drug-likeness (QED) is 0.734. The maximum absolute atomic E-state index is 12.9. The van der Waals surface area contributed by atoms with E-state index in [9.17, 15) is 19.8 Å². The molecule has 10 heterocycles.